The molecule has 0 aromatic rings. The summed E-state index contributed by atoms with van der Waals surface area (Å²) in [5.41, 5.74) is 0. The van der Waals surface area contributed by atoms with Crippen molar-refractivity contribution in [2.75, 3.05) is 6.54 Å². The molecule has 0 radical (unpaired) electrons. The molecule has 2 aliphatic rings. The van der Waals surface area contributed by atoms with Gasteiger partial charge in [0.25, 0.3) is 0 Å². The maximum atomic E-state index is 10.8. The van der Waals surface area contributed by atoms with E-state index in [2.05, 4.69) is 5.32 Å². The second-order valence-corrected chi connectivity index (χ2v) is 3.60. The molecular formula is C8H13NO2. The highest BCUT2D eigenvalue weighted by Crippen LogP contribution is 2.37. The van der Waals surface area contributed by atoms with Gasteiger partial charge in [0, 0.05) is 18.9 Å². The molecule has 1 saturated carbocycles. The average molecular weight is 155 g/mol. The lowest BCUT2D eigenvalue weighted by Gasteiger charge is -2.14. The summed E-state index contributed by atoms with van der Waals surface area (Å²) in [4.78, 5) is 10.8. The van der Waals surface area contributed by atoms with E-state index in [-0.39, 0.29) is 17.9 Å². The van der Waals surface area contributed by atoms with Crippen molar-refractivity contribution >= 4 is 5.91 Å². The van der Waals surface area contributed by atoms with Gasteiger partial charge < -0.3 is 10.4 Å². The van der Waals surface area contributed by atoms with E-state index in [1.165, 1.54) is 0 Å². The molecule has 1 amide bonds. The first-order chi connectivity index (χ1) is 5.27. The molecule has 1 aliphatic heterocycles. The van der Waals surface area contributed by atoms with E-state index in [1.54, 1.807) is 0 Å². The summed E-state index contributed by atoms with van der Waals surface area (Å²) in [7, 11) is 0. The Morgan fingerprint density at radius 2 is 2.18 bits per heavy atom. The number of carbonyl (C=O) groups excluding carboxylic acids is 1. The third kappa shape index (κ3) is 1.38. The highest BCUT2D eigenvalue weighted by atomic mass is 16.3. The minimum absolute atomic E-state index is 0.0923. The van der Waals surface area contributed by atoms with Crippen LogP contribution in [-0.2, 0) is 4.79 Å². The third-order valence-corrected chi connectivity index (χ3v) is 2.60. The van der Waals surface area contributed by atoms with E-state index < -0.39 is 0 Å². The summed E-state index contributed by atoms with van der Waals surface area (Å²) >= 11 is 0. The van der Waals surface area contributed by atoms with Crippen LogP contribution in [0.1, 0.15) is 19.3 Å². The predicted octanol–water partition coefficient (Wildman–Crippen LogP) is -0.107. The fourth-order valence-electron chi connectivity index (χ4n) is 1.69. The Kier molecular flexibility index (Phi) is 1.60. The largest absolute Gasteiger partial charge is 0.392 e. The minimum Gasteiger partial charge on any atom is -0.392 e. The number of carbonyl (C=O) groups is 1. The zero-order valence-electron chi connectivity index (χ0n) is 6.42. The van der Waals surface area contributed by atoms with Crippen molar-refractivity contribution in [3.05, 3.63) is 0 Å². The van der Waals surface area contributed by atoms with Crippen molar-refractivity contribution in [1.29, 1.82) is 0 Å². The quantitative estimate of drug-likeness (QED) is 0.584. The van der Waals surface area contributed by atoms with Gasteiger partial charge in [-0.25, -0.2) is 0 Å². The first-order valence-electron chi connectivity index (χ1n) is 4.22. The Morgan fingerprint density at radius 1 is 1.45 bits per heavy atom. The molecule has 62 valence electrons. The van der Waals surface area contributed by atoms with Gasteiger partial charge in [0.2, 0.25) is 5.91 Å². The van der Waals surface area contributed by atoms with E-state index in [1.807, 2.05) is 0 Å². The first kappa shape index (κ1) is 7.10. The fraction of sp³-hybridized carbons (Fsp3) is 0.875. The maximum absolute atomic E-state index is 10.8. The molecule has 11 heavy (non-hydrogen) atoms. The highest BCUT2D eigenvalue weighted by Gasteiger charge is 2.38. The van der Waals surface area contributed by atoms with Crippen molar-refractivity contribution in [3.8, 4) is 0 Å². The summed E-state index contributed by atoms with van der Waals surface area (Å²) < 4.78 is 0. The van der Waals surface area contributed by atoms with Crippen molar-refractivity contribution in [1.82, 2.24) is 5.32 Å². The van der Waals surface area contributed by atoms with Gasteiger partial charge >= 0.3 is 0 Å². The van der Waals surface area contributed by atoms with E-state index in [9.17, 15) is 9.90 Å². The Hall–Kier alpha value is -0.570. The van der Waals surface area contributed by atoms with Crippen molar-refractivity contribution in [2.45, 2.75) is 25.4 Å². The molecule has 2 rings (SSSR count). The van der Waals surface area contributed by atoms with E-state index in [0.717, 1.165) is 12.8 Å². The zero-order chi connectivity index (χ0) is 7.84. The second-order valence-electron chi connectivity index (χ2n) is 3.60. The van der Waals surface area contributed by atoms with Crippen LogP contribution >= 0.6 is 0 Å². The molecule has 2 fully saturated rings. The van der Waals surface area contributed by atoms with Gasteiger partial charge in [-0.05, 0) is 18.8 Å². The van der Waals surface area contributed by atoms with Gasteiger partial charge in [-0.2, -0.15) is 0 Å². The van der Waals surface area contributed by atoms with Gasteiger partial charge in [0.05, 0.1) is 6.10 Å². The van der Waals surface area contributed by atoms with Crippen LogP contribution in [-0.4, -0.2) is 23.7 Å². The molecular weight excluding hydrogens is 142 g/mol. The zero-order valence-corrected chi connectivity index (χ0v) is 6.42. The fourth-order valence-corrected chi connectivity index (χ4v) is 1.69. The molecule has 1 saturated heterocycles. The normalized spacial score (nSPS) is 33.5. The number of rotatable bonds is 2. The average Bonchev–Trinajstić information content (AvgIpc) is 2.74. The van der Waals surface area contributed by atoms with E-state index in [0.29, 0.717) is 18.9 Å². The third-order valence-electron chi connectivity index (χ3n) is 2.60. The van der Waals surface area contributed by atoms with Gasteiger partial charge in [-0.15, -0.1) is 0 Å². The van der Waals surface area contributed by atoms with Gasteiger partial charge in [0.15, 0.2) is 0 Å². The second kappa shape index (κ2) is 2.48. The predicted molar refractivity (Wildman–Crippen MR) is 39.8 cm³/mol. The summed E-state index contributed by atoms with van der Waals surface area (Å²) in [6.45, 7) is 0.677. The SMILES string of the molecule is O=C1CC(C(O)C2CC2)CN1. The Balaban J connectivity index is 1.89. The summed E-state index contributed by atoms with van der Waals surface area (Å²) in [5, 5.41) is 12.3. The number of aliphatic hydroxyl groups excluding tert-OH is 1. The molecule has 2 atom stereocenters. The molecule has 0 spiro atoms. The number of nitrogens with one attached hydrogen (secondary N) is 1. The van der Waals surface area contributed by atoms with Gasteiger partial charge in [-0.3, -0.25) is 4.79 Å². The monoisotopic (exact) mass is 155 g/mol. The van der Waals surface area contributed by atoms with Crippen LogP contribution in [0.3, 0.4) is 0 Å². The van der Waals surface area contributed by atoms with Crippen LogP contribution in [0.15, 0.2) is 0 Å². The van der Waals surface area contributed by atoms with E-state index in [4.69, 9.17) is 0 Å². The van der Waals surface area contributed by atoms with Crippen LogP contribution in [0, 0.1) is 11.8 Å². The molecule has 1 aliphatic carbocycles. The van der Waals surface area contributed by atoms with E-state index >= 15 is 0 Å². The van der Waals surface area contributed by atoms with Crippen LogP contribution in [0.25, 0.3) is 0 Å². The summed E-state index contributed by atoms with van der Waals surface area (Å²) in [5.74, 6) is 0.775. The number of amides is 1. The molecule has 0 bridgehead atoms. The lowest BCUT2D eigenvalue weighted by atomic mass is 9.98. The Morgan fingerprint density at radius 3 is 2.64 bits per heavy atom. The highest BCUT2D eigenvalue weighted by molar-refractivity contribution is 5.78. The number of aliphatic hydroxyl groups is 1. The molecule has 2 N–H and O–H groups in total. The van der Waals surface area contributed by atoms with Gasteiger partial charge in [-0.1, -0.05) is 0 Å². The number of hydrogen-bond acceptors (Lipinski definition) is 2. The van der Waals surface area contributed by atoms with Crippen molar-refractivity contribution in [3.63, 3.8) is 0 Å². The lowest BCUT2D eigenvalue weighted by Crippen LogP contribution is -2.24. The van der Waals surface area contributed by atoms with Crippen LogP contribution in [0.2, 0.25) is 0 Å². The molecule has 1 heterocycles. The summed E-state index contributed by atoms with van der Waals surface area (Å²) in [6, 6.07) is 0. The Labute approximate surface area is 65.8 Å². The molecule has 2 unspecified atom stereocenters. The van der Waals surface area contributed by atoms with Crippen molar-refractivity contribution < 1.29 is 9.90 Å². The topological polar surface area (TPSA) is 49.3 Å². The molecule has 0 aromatic carbocycles. The van der Waals surface area contributed by atoms with Crippen molar-refractivity contribution in [2.24, 2.45) is 11.8 Å². The molecule has 3 heteroatoms. The summed E-state index contributed by atoms with van der Waals surface area (Å²) in [6.07, 6.45) is 2.59. The lowest BCUT2D eigenvalue weighted by molar-refractivity contribution is -0.119. The van der Waals surface area contributed by atoms with Gasteiger partial charge in [0.1, 0.15) is 0 Å². The first-order valence-corrected chi connectivity index (χ1v) is 4.22. The van der Waals surface area contributed by atoms with Crippen LogP contribution in [0.5, 0.6) is 0 Å². The van der Waals surface area contributed by atoms with Crippen LogP contribution in [0.4, 0.5) is 0 Å². The maximum Gasteiger partial charge on any atom is 0.220 e. The van der Waals surface area contributed by atoms with Crippen LogP contribution < -0.4 is 5.32 Å². The minimum atomic E-state index is -0.228. The Bertz CT molecular complexity index is 177. The number of hydrogen-bond donors (Lipinski definition) is 2. The smallest absolute Gasteiger partial charge is 0.220 e. The standard InChI is InChI=1S/C8H13NO2/c10-7-3-6(4-9-7)8(11)5-1-2-5/h5-6,8,11H,1-4H2,(H,9,10). The molecule has 0 aromatic heterocycles. The molecule has 3 nitrogen and oxygen atoms in total.